The fourth-order valence-corrected chi connectivity index (χ4v) is 0.934. The summed E-state index contributed by atoms with van der Waals surface area (Å²) in [7, 11) is 0. The molecule has 10 heavy (non-hydrogen) atoms. The molecule has 0 aromatic carbocycles. The van der Waals surface area contributed by atoms with Crippen LogP contribution in [-0.4, -0.2) is 24.0 Å². The Morgan fingerprint density at radius 2 is 2.40 bits per heavy atom. The lowest BCUT2D eigenvalue weighted by atomic mass is 10.3. The van der Waals surface area contributed by atoms with E-state index in [4.69, 9.17) is 0 Å². The molecule has 0 spiro atoms. The van der Waals surface area contributed by atoms with Crippen LogP contribution in [0.2, 0.25) is 0 Å². The molecule has 3 nitrogen and oxygen atoms in total. The summed E-state index contributed by atoms with van der Waals surface area (Å²) >= 11 is 0. The average molecular weight is 140 g/mol. The second-order valence-electron chi connectivity index (χ2n) is 2.50. The minimum absolute atomic E-state index is 0.0116. The summed E-state index contributed by atoms with van der Waals surface area (Å²) in [4.78, 5) is 11.1. The molecular weight excluding hydrogens is 128 g/mol. The number of hydrazine groups is 1. The summed E-state index contributed by atoms with van der Waals surface area (Å²) in [6.45, 7) is 7.01. The van der Waals surface area contributed by atoms with Crippen molar-refractivity contribution < 1.29 is 4.79 Å². The molecule has 0 atom stereocenters. The van der Waals surface area contributed by atoms with Gasteiger partial charge in [0.25, 0.3) is 5.91 Å². The van der Waals surface area contributed by atoms with Crippen LogP contribution in [0.25, 0.3) is 0 Å². The Morgan fingerprint density at radius 3 is 2.80 bits per heavy atom. The molecule has 0 bridgehead atoms. The van der Waals surface area contributed by atoms with E-state index in [0.29, 0.717) is 5.57 Å². The molecule has 0 aromatic rings. The molecule has 1 saturated heterocycles. The summed E-state index contributed by atoms with van der Waals surface area (Å²) in [5.74, 6) is 0.0116. The summed E-state index contributed by atoms with van der Waals surface area (Å²) in [5.41, 5.74) is 3.55. The van der Waals surface area contributed by atoms with Crippen molar-refractivity contribution in [3.8, 4) is 0 Å². The molecule has 0 saturated carbocycles. The van der Waals surface area contributed by atoms with E-state index in [2.05, 4.69) is 12.0 Å². The first-order valence-corrected chi connectivity index (χ1v) is 3.42. The molecule has 1 aliphatic rings. The SMILES string of the molecule is C=C(C)C(=O)N1CCCN1. The standard InChI is InChI=1S/C7H12N2O/c1-6(2)7(10)9-5-3-4-8-9/h8H,1,3-5H2,2H3. The largest absolute Gasteiger partial charge is 0.274 e. The lowest BCUT2D eigenvalue weighted by Crippen LogP contribution is -2.37. The van der Waals surface area contributed by atoms with E-state index < -0.39 is 0 Å². The van der Waals surface area contributed by atoms with Crippen molar-refractivity contribution in [2.45, 2.75) is 13.3 Å². The van der Waals surface area contributed by atoms with E-state index in [1.807, 2.05) is 0 Å². The maximum atomic E-state index is 11.1. The summed E-state index contributed by atoms with van der Waals surface area (Å²) in [6.07, 6.45) is 1.04. The van der Waals surface area contributed by atoms with E-state index in [9.17, 15) is 4.79 Å². The van der Waals surface area contributed by atoms with Crippen LogP contribution in [0.1, 0.15) is 13.3 Å². The molecule has 0 unspecified atom stereocenters. The zero-order chi connectivity index (χ0) is 7.56. The van der Waals surface area contributed by atoms with Crippen molar-refractivity contribution in [1.29, 1.82) is 0 Å². The van der Waals surface area contributed by atoms with Crippen LogP contribution in [0.15, 0.2) is 12.2 Å². The van der Waals surface area contributed by atoms with Gasteiger partial charge in [0.05, 0.1) is 0 Å². The number of nitrogens with zero attached hydrogens (tertiary/aromatic N) is 1. The molecule has 56 valence electrons. The van der Waals surface area contributed by atoms with E-state index in [1.165, 1.54) is 0 Å². The molecule has 1 N–H and O–H groups in total. The van der Waals surface area contributed by atoms with Crippen LogP contribution in [-0.2, 0) is 4.79 Å². The highest BCUT2D eigenvalue weighted by Gasteiger charge is 2.16. The number of carbonyl (C=O) groups excluding carboxylic acids is 1. The Morgan fingerprint density at radius 1 is 1.70 bits per heavy atom. The number of rotatable bonds is 1. The Kier molecular flexibility index (Phi) is 2.06. The fraction of sp³-hybridized carbons (Fsp3) is 0.571. The summed E-state index contributed by atoms with van der Waals surface area (Å²) in [5, 5.41) is 1.61. The van der Waals surface area contributed by atoms with E-state index >= 15 is 0 Å². The van der Waals surface area contributed by atoms with Crippen molar-refractivity contribution in [1.82, 2.24) is 10.4 Å². The van der Waals surface area contributed by atoms with Crippen LogP contribution in [0, 0.1) is 0 Å². The van der Waals surface area contributed by atoms with Gasteiger partial charge in [-0.1, -0.05) is 6.58 Å². The number of nitrogens with one attached hydrogen (secondary N) is 1. The van der Waals surface area contributed by atoms with Crippen LogP contribution >= 0.6 is 0 Å². The van der Waals surface area contributed by atoms with Crippen LogP contribution in [0.3, 0.4) is 0 Å². The van der Waals surface area contributed by atoms with Gasteiger partial charge in [-0.2, -0.15) is 0 Å². The minimum Gasteiger partial charge on any atom is -0.274 e. The fourth-order valence-electron chi connectivity index (χ4n) is 0.934. The predicted octanol–water partition coefficient (Wildman–Crippen LogP) is 0.299. The Balaban J connectivity index is 2.48. The Labute approximate surface area is 60.7 Å². The molecule has 0 radical (unpaired) electrons. The lowest BCUT2D eigenvalue weighted by molar-refractivity contribution is -0.128. The van der Waals surface area contributed by atoms with Crippen molar-refractivity contribution in [3.05, 3.63) is 12.2 Å². The Bertz CT molecular complexity index is 159. The van der Waals surface area contributed by atoms with Crippen molar-refractivity contribution in [2.24, 2.45) is 0 Å². The second kappa shape index (κ2) is 2.84. The first-order chi connectivity index (χ1) is 4.72. The molecule has 1 rings (SSSR count). The highest BCUT2D eigenvalue weighted by molar-refractivity contribution is 5.91. The number of carbonyl (C=O) groups is 1. The topological polar surface area (TPSA) is 32.3 Å². The highest BCUT2D eigenvalue weighted by atomic mass is 16.2. The second-order valence-corrected chi connectivity index (χ2v) is 2.50. The number of amides is 1. The summed E-state index contributed by atoms with van der Waals surface area (Å²) < 4.78 is 0. The first kappa shape index (κ1) is 7.28. The van der Waals surface area contributed by atoms with Crippen LogP contribution in [0.5, 0.6) is 0 Å². The molecular formula is C7H12N2O. The molecule has 1 aliphatic heterocycles. The Hall–Kier alpha value is -0.830. The van der Waals surface area contributed by atoms with Gasteiger partial charge in [-0.3, -0.25) is 9.80 Å². The zero-order valence-electron chi connectivity index (χ0n) is 6.18. The lowest BCUT2D eigenvalue weighted by Gasteiger charge is -2.14. The maximum absolute atomic E-state index is 11.1. The number of hydrogen-bond donors (Lipinski definition) is 1. The van der Waals surface area contributed by atoms with Crippen molar-refractivity contribution in [3.63, 3.8) is 0 Å². The van der Waals surface area contributed by atoms with Gasteiger partial charge in [-0.15, -0.1) is 0 Å². The van der Waals surface area contributed by atoms with Gasteiger partial charge in [0.15, 0.2) is 0 Å². The molecule has 0 aromatic heterocycles. The van der Waals surface area contributed by atoms with Crippen molar-refractivity contribution >= 4 is 5.91 Å². The molecule has 1 fully saturated rings. The van der Waals surface area contributed by atoms with Gasteiger partial charge in [-0.05, 0) is 13.3 Å². The normalized spacial score (nSPS) is 17.5. The third kappa shape index (κ3) is 1.36. The van der Waals surface area contributed by atoms with Crippen LogP contribution < -0.4 is 5.43 Å². The highest BCUT2D eigenvalue weighted by Crippen LogP contribution is 2.01. The molecule has 3 heteroatoms. The van der Waals surface area contributed by atoms with E-state index in [0.717, 1.165) is 19.5 Å². The van der Waals surface area contributed by atoms with E-state index in [-0.39, 0.29) is 5.91 Å². The smallest absolute Gasteiger partial charge is 0.262 e. The van der Waals surface area contributed by atoms with Crippen LogP contribution in [0.4, 0.5) is 0 Å². The van der Waals surface area contributed by atoms with Gasteiger partial charge < -0.3 is 0 Å². The van der Waals surface area contributed by atoms with Gasteiger partial charge in [0.1, 0.15) is 0 Å². The third-order valence-corrected chi connectivity index (χ3v) is 1.47. The van der Waals surface area contributed by atoms with Gasteiger partial charge in [0.2, 0.25) is 0 Å². The molecule has 1 amide bonds. The quantitative estimate of drug-likeness (QED) is 0.531. The zero-order valence-corrected chi connectivity index (χ0v) is 6.18. The minimum atomic E-state index is 0.0116. The molecule has 1 heterocycles. The predicted molar refractivity (Wildman–Crippen MR) is 39.1 cm³/mol. The van der Waals surface area contributed by atoms with E-state index in [1.54, 1.807) is 11.9 Å². The monoisotopic (exact) mass is 140 g/mol. The van der Waals surface area contributed by atoms with Gasteiger partial charge in [0, 0.05) is 18.7 Å². The average Bonchev–Trinajstić information content (AvgIpc) is 2.36. The third-order valence-electron chi connectivity index (χ3n) is 1.47. The summed E-state index contributed by atoms with van der Waals surface area (Å²) in [6, 6.07) is 0. The number of hydrogen-bond acceptors (Lipinski definition) is 2. The first-order valence-electron chi connectivity index (χ1n) is 3.42. The van der Waals surface area contributed by atoms with Gasteiger partial charge >= 0.3 is 0 Å². The van der Waals surface area contributed by atoms with Gasteiger partial charge in [-0.25, -0.2) is 5.43 Å². The maximum Gasteiger partial charge on any atom is 0.262 e. The van der Waals surface area contributed by atoms with Crippen molar-refractivity contribution in [2.75, 3.05) is 13.1 Å². The molecule has 0 aliphatic carbocycles.